The molecule has 60 valence electrons. The van der Waals surface area contributed by atoms with E-state index >= 15 is 0 Å². The first-order valence-electron chi connectivity index (χ1n) is 3.70. The van der Waals surface area contributed by atoms with Crippen molar-refractivity contribution in [3.63, 3.8) is 0 Å². The zero-order valence-electron chi connectivity index (χ0n) is 6.51. The van der Waals surface area contributed by atoms with Gasteiger partial charge in [-0.2, -0.15) is 0 Å². The van der Waals surface area contributed by atoms with Crippen molar-refractivity contribution in [2.75, 3.05) is 6.54 Å². The van der Waals surface area contributed by atoms with Gasteiger partial charge in [0.15, 0.2) is 0 Å². The fraction of sp³-hybridized carbons (Fsp3) is 0.375. The van der Waals surface area contributed by atoms with E-state index in [1.165, 1.54) is 0 Å². The predicted octanol–water partition coefficient (Wildman–Crippen LogP) is 0.639. The monoisotopic (exact) mass is 151 g/mol. The quantitative estimate of drug-likeness (QED) is 0.620. The van der Waals surface area contributed by atoms with Crippen molar-refractivity contribution in [1.29, 1.82) is 0 Å². The Bertz CT molecular complexity index is 227. The SMILES string of the molecule is C=CCc1cnc(CCN)[nH]1. The zero-order valence-corrected chi connectivity index (χ0v) is 6.51. The third-order valence-electron chi connectivity index (χ3n) is 1.43. The van der Waals surface area contributed by atoms with Crippen LogP contribution in [0.15, 0.2) is 18.9 Å². The first kappa shape index (κ1) is 8.01. The van der Waals surface area contributed by atoms with Crippen molar-refractivity contribution in [3.05, 3.63) is 30.4 Å². The third-order valence-corrected chi connectivity index (χ3v) is 1.43. The summed E-state index contributed by atoms with van der Waals surface area (Å²) in [5.74, 6) is 0.962. The molecule has 0 fully saturated rings. The molecule has 0 saturated heterocycles. The smallest absolute Gasteiger partial charge is 0.107 e. The topological polar surface area (TPSA) is 54.7 Å². The highest BCUT2D eigenvalue weighted by molar-refractivity contribution is 5.04. The average Bonchev–Trinajstić information content (AvgIpc) is 2.38. The Hall–Kier alpha value is -1.09. The summed E-state index contributed by atoms with van der Waals surface area (Å²) in [6, 6.07) is 0. The molecule has 0 spiro atoms. The van der Waals surface area contributed by atoms with E-state index in [1.54, 1.807) is 0 Å². The number of aromatic amines is 1. The number of rotatable bonds is 4. The fourth-order valence-electron chi connectivity index (χ4n) is 0.929. The van der Waals surface area contributed by atoms with E-state index in [0.29, 0.717) is 6.54 Å². The van der Waals surface area contributed by atoms with Crippen molar-refractivity contribution >= 4 is 0 Å². The van der Waals surface area contributed by atoms with E-state index in [4.69, 9.17) is 5.73 Å². The van der Waals surface area contributed by atoms with Gasteiger partial charge in [-0.15, -0.1) is 6.58 Å². The summed E-state index contributed by atoms with van der Waals surface area (Å²) >= 11 is 0. The van der Waals surface area contributed by atoms with Crippen molar-refractivity contribution < 1.29 is 0 Å². The molecule has 0 aliphatic carbocycles. The molecule has 0 radical (unpaired) electrons. The lowest BCUT2D eigenvalue weighted by atomic mass is 10.3. The summed E-state index contributed by atoms with van der Waals surface area (Å²) in [4.78, 5) is 7.29. The second-order valence-corrected chi connectivity index (χ2v) is 2.39. The molecule has 0 aromatic carbocycles. The largest absolute Gasteiger partial charge is 0.346 e. The molecule has 0 atom stereocenters. The minimum Gasteiger partial charge on any atom is -0.346 e. The van der Waals surface area contributed by atoms with Gasteiger partial charge in [0.2, 0.25) is 0 Å². The maximum absolute atomic E-state index is 5.36. The van der Waals surface area contributed by atoms with Gasteiger partial charge in [0.05, 0.1) is 0 Å². The maximum Gasteiger partial charge on any atom is 0.107 e. The molecular weight excluding hydrogens is 138 g/mol. The van der Waals surface area contributed by atoms with Crippen LogP contribution in [-0.4, -0.2) is 16.5 Å². The lowest BCUT2D eigenvalue weighted by Crippen LogP contribution is -2.03. The minimum atomic E-state index is 0.640. The molecule has 1 rings (SSSR count). The Morgan fingerprint density at radius 2 is 2.55 bits per heavy atom. The van der Waals surface area contributed by atoms with Crippen LogP contribution in [0.2, 0.25) is 0 Å². The van der Waals surface area contributed by atoms with Crippen LogP contribution in [0.3, 0.4) is 0 Å². The van der Waals surface area contributed by atoms with Gasteiger partial charge >= 0.3 is 0 Å². The lowest BCUT2D eigenvalue weighted by molar-refractivity contribution is 0.888. The van der Waals surface area contributed by atoms with Gasteiger partial charge in [-0.3, -0.25) is 0 Å². The Kier molecular flexibility index (Phi) is 2.86. The Morgan fingerprint density at radius 1 is 1.73 bits per heavy atom. The van der Waals surface area contributed by atoms with Gasteiger partial charge < -0.3 is 10.7 Å². The molecule has 1 aromatic rings. The molecule has 3 N–H and O–H groups in total. The Labute approximate surface area is 66.3 Å². The molecule has 0 unspecified atom stereocenters. The lowest BCUT2D eigenvalue weighted by Gasteiger charge is -1.90. The van der Waals surface area contributed by atoms with E-state index in [-0.39, 0.29) is 0 Å². The van der Waals surface area contributed by atoms with Crippen LogP contribution in [0.4, 0.5) is 0 Å². The maximum atomic E-state index is 5.36. The second-order valence-electron chi connectivity index (χ2n) is 2.39. The first-order chi connectivity index (χ1) is 5.36. The second kappa shape index (κ2) is 3.93. The highest BCUT2D eigenvalue weighted by atomic mass is 14.9. The third kappa shape index (κ3) is 2.20. The normalized spacial score (nSPS) is 9.91. The van der Waals surface area contributed by atoms with E-state index in [1.807, 2.05) is 12.3 Å². The number of hydrogen-bond acceptors (Lipinski definition) is 2. The Balaban J connectivity index is 2.57. The first-order valence-corrected chi connectivity index (χ1v) is 3.70. The number of nitrogens with zero attached hydrogens (tertiary/aromatic N) is 1. The van der Waals surface area contributed by atoms with Crippen LogP contribution in [0.1, 0.15) is 11.5 Å². The highest BCUT2D eigenvalue weighted by Gasteiger charge is 1.96. The zero-order chi connectivity index (χ0) is 8.10. The van der Waals surface area contributed by atoms with Crippen molar-refractivity contribution in [3.8, 4) is 0 Å². The number of nitrogens with two attached hydrogens (primary N) is 1. The fourth-order valence-corrected chi connectivity index (χ4v) is 0.929. The number of aromatic nitrogens is 2. The van der Waals surface area contributed by atoms with Crippen LogP contribution in [0, 0.1) is 0 Å². The van der Waals surface area contributed by atoms with Gasteiger partial charge in [-0.25, -0.2) is 4.98 Å². The van der Waals surface area contributed by atoms with Crippen molar-refractivity contribution in [2.45, 2.75) is 12.8 Å². The summed E-state index contributed by atoms with van der Waals surface area (Å²) in [5.41, 5.74) is 6.46. The molecule has 0 amide bonds. The van der Waals surface area contributed by atoms with Crippen LogP contribution >= 0.6 is 0 Å². The van der Waals surface area contributed by atoms with Crippen LogP contribution < -0.4 is 5.73 Å². The van der Waals surface area contributed by atoms with Gasteiger partial charge in [0.25, 0.3) is 0 Å². The van der Waals surface area contributed by atoms with E-state index in [2.05, 4.69) is 16.5 Å². The average molecular weight is 151 g/mol. The van der Waals surface area contributed by atoms with Crippen LogP contribution in [0.5, 0.6) is 0 Å². The minimum absolute atomic E-state index is 0.640. The summed E-state index contributed by atoms with van der Waals surface area (Å²) in [6.45, 7) is 4.28. The summed E-state index contributed by atoms with van der Waals surface area (Å²) in [5, 5.41) is 0. The van der Waals surface area contributed by atoms with Gasteiger partial charge in [0.1, 0.15) is 5.82 Å². The molecule has 3 heteroatoms. The summed E-state index contributed by atoms with van der Waals surface area (Å²) < 4.78 is 0. The molecule has 3 nitrogen and oxygen atoms in total. The van der Waals surface area contributed by atoms with Gasteiger partial charge in [-0.05, 0) is 6.54 Å². The molecule has 0 aliphatic heterocycles. The van der Waals surface area contributed by atoms with Crippen LogP contribution in [0.25, 0.3) is 0 Å². The van der Waals surface area contributed by atoms with E-state index in [9.17, 15) is 0 Å². The molecule has 0 bridgehead atoms. The van der Waals surface area contributed by atoms with Crippen molar-refractivity contribution in [1.82, 2.24) is 9.97 Å². The predicted molar refractivity (Wildman–Crippen MR) is 45.2 cm³/mol. The standard InChI is InChI=1S/C8H13N3/c1-2-3-7-6-10-8(11-7)4-5-9/h2,6H,1,3-5,9H2,(H,10,11). The number of imidazole rings is 1. The molecule has 1 aromatic heterocycles. The molecule has 11 heavy (non-hydrogen) atoms. The summed E-state index contributed by atoms with van der Waals surface area (Å²) in [7, 11) is 0. The molecular formula is C8H13N3. The Morgan fingerprint density at radius 3 is 3.18 bits per heavy atom. The number of allylic oxidation sites excluding steroid dienone is 1. The van der Waals surface area contributed by atoms with Gasteiger partial charge in [0, 0.05) is 24.7 Å². The number of nitrogens with one attached hydrogen (secondary N) is 1. The molecule has 0 aliphatic rings. The molecule has 0 saturated carbocycles. The van der Waals surface area contributed by atoms with Crippen LogP contribution in [-0.2, 0) is 12.8 Å². The number of H-pyrrole nitrogens is 1. The van der Waals surface area contributed by atoms with E-state index < -0.39 is 0 Å². The van der Waals surface area contributed by atoms with E-state index in [0.717, 1.165) is 24.4 Å². The molecule has 1 heterocycles. The summed E-state index contributed by atoms with van der Waals surface area (Å²) in [6.07, 6.45) is 5.33. The number of hydrogen-bond donors (Lipinski definition) is 2. The van der Waals surface area contributed by atoms with Gasteiger partial charge in [-0.1, -0.05) is 6.08 Å². The highest BCUT2D eigenvalue weighted by Crippen LogP contribution is 1.98. The van der Waals surface area contributed by atoms with Crippen molar-refractivity contribution in [2.24, 2.45) is 5.73 Å².